The van der Waals surface area contributed by atoms with Gasteiger partial charge in [0, 0.05) is 19.8 Å². The first-order chi connectivity index (χ1) is 14.3. The molecule has 4 N–H and O–H groups in total. The van der Waals surface area contributed by atoms with Crippen LogP contribution in [0, 0.1) is 5.92 Å². The predicted octanol–water partition coefficient (Wildman–Crippen LogP) is 3.79. The summed E-state index contributed by atoms with van der Waals surface area (Å²) in [6, 6.07) is 4.41. The monoisotopic (exact) mass is 444 g/mol. The first-order valence-electron chi connectivity index (χ1n) is 11.0. The number of aliphatic hydroxyl groups is 1. The van der Waals surface area contributed by atoms with Gasteiger partial charge in [-0.3, -0.25) is 4.72 Å². The maximum absolute atomic E-state index is 11.4. The summed E-state index contributed by atoms with van der Waals surface area (Å²) >= 11 is 0. The lowest BCUT2D eigenvalue weighted by Gasteiger charge is -2.15. The summed E-state index contributed by atoms with van der Waals surface area (Å²) in [6.07, 6.45) is 8.19. The fourth-order valence-corrected chi connectivity index (χ4v) is 3.82. The third-order valence-corrected chi connectivity index (χ3v) is 5.85. The summed E-state index contributed by atoms with van der Waals surface area (Å²) in [5.41, 5.74) is 0.605. The van der Waals surface area contributed by atoms with Crippen LogP contribution in [0.2, 0.25) is 0 Å². The van der Waals surface area contributed by atoms with Crippen molar-refractivity contribution in [1.82, 2.24) is 5.32 Å². The number of aliphatic hydroxyl groups excluding tert-OH is 1. The molecule has 0 aliphatic heterocycles. The lowest BCUT2D eigenvalue weighted by Crippen LogP contribution is -2.22. The van der Waals surface area contributed by atoms with Crippen molar-refractivity contribution in [2.75, 3.05) is 37.3 Å². The van der Waals surface area contributed by atoms with E-state index in [2.05, 4.69) is 23.9 Å². The van der Waals surface area contributed by atoms with Crippen LogP contribution < -0.4 is 10.0 Å². The Morgan fingerprint density at radius 3 is 2.43 bits per heavy atom. The summed E-state index contributed by atoms with van der Waals surface area (Å²) < 4.78 is 30.7. The van der Waals surface area contributed by atoms with Crippen LogP contribution >= 0.6 is 0 Å². The van der Waals surface area contributed by atoms with E-state index in [1.165, 1.54) is 25.0 Å². The number of anilines is 1. The van der Waals surface area contributed by atoms with Gasteiger partial charge in [-0.2, -0.15) is 0 Å². The van der Waals surface area contributed by atoms with E-state index in [0.717, 1.165) is 64.0 Å². The first-order valence-corrected chi connectivity index (χ1v) is 12.9. The Kier molecular flexibility index (Phi) is 13.0. The first kappa shape index (κ1) is 26.7. The van der Waals surface area contributed by atoms with Crippen LogP contribution in [0.3, 0.4) is 0 Å². The molecule has 1 aromatic carbocycles. The van der Waals surface area contributed by atoms with Gasteiger partial charge >= 0.3 is 0 Å². The van der Waals surface area contributed by atoms with E-state index in [4.69, 9.17) is 4.74 Å². The molecule has 1 unspecified atom stereocenters. The van der Waals surface area contributed by atoms with Gasteiger partial charge in [0.05, 0.1) is 18.0 Å². The van der Waals surface area contributed by atoms with E-state index in [-0.39, 0.29) is 11.4 Å². The number of hydrogen-bond acceptors (Lipinski definition) is 6. The highest BCUT2D eigenvalue weighted by Gasteiger charge is 2.12. The minimum absolute atomic E-state index is 0.0659. The predicted molar refractivity (Wildman–Crippen MR) is 122 cm³/mol. The molecule has 0 bridgehead atoms. The average molecular weight is 445 g/mol. The summed E-state index contributed by atoms with van der Waals surface area (Å²) in [4.78, 5) is 0. The van der Waals surface area contributed by atoms with E-state index in [1.54, 1.807) is 6.07 Å². The number of ether oxygens (including phenoxy) is 1. The van der Waals surface area contributed by atoms with Gasteiger partial charge in [0.25, 0.3) is 0 Å². The van der Waals surface area contributed by atoms with Crippen molar-refractivity contribution in [2.24, 2.45) is 5.92 Å². The van der Waals surface area contributed by atoms with Crippen LogP contribution in [-0.4, -0.2) is 51.2 Å². The van der Waals surface area contributed by atoms with Gasteiger partial charge in [0.2, 0.25) is 10.0 Å². The highest BCUT2D eigenvalue weighted by molar-refractivity contribution is 7.92. The average Bonchev–Trinajstić information content (AvgIpc) is 2.69. The molecule has 1 rings (SSSR count). The summed E-state index contributed by atoms with van der Waals surface area (Å²) in [6.45, 7) is 7.33. The number of sulfonamides is 1. The van der Waals surface area contributed by atoms with Crippen molar-refractivity contribution >= 4 is 15.7 Å². The van der Waals surface area contributed by atoms with Crippen molar-refractivity contribution < 1.29 is 23.4 Å². The van der Waals surface area contributed by atoms with E-state index >= 15 is 0 Å². The fourth-order valence-electron chi connectivity index (χ4n) is 3.26. The van der Waals surface area contributed by atoms with Crippen LogP contribution in [0.4, 0.5) is 5.69 Å². The number of hydrogen-bond donors (Lipinski definition) is 4. The smallest absolute Gasteiger partial charge is 0.229 e. The van der Waals surface area contributed by atoms with Gasteiger partial charge in [0.15, 0.2) is 0 Å². The Hall–Kier alpha value is -1.35. The van der Waals surface area contributed by atoms with Crippen LogP contribution in [-0.2, 0) is 14.8 Å². The highest BCUT2D eigenvalue weighted by atomic mass is 32.2. The molecule has 8 heteroatoms. The van der Waals surface area contributed by atoms with Crippen LogP contribution in [0.5, 0.6) is 5.75 Å². The van der Waals surface area contributed by atoms with Crippen molar-refractivity contribution in [3.8, 4) is 5.75 Å². The third-order valence-electron chi connectivity index (χ3n) is 5.26. The molecular weight excluding hydrogens is 404 g/mol. The van der Waals surface area contributed by atoms with Gasteiger partial charge in [-0.1, -0.05) is 45.6 Å². The Labute approximate surface area is 182 Å². The molecule has 174 valence electrons. The Morgan fingerprint density at radius 2 is 1.77 bits per heavy atom. The maximum atomic E-state index is 11.4. The Bertz CT molecular complexity index is 693. The minimum Gasteiger partial charge on any atom is -0.506 e. The normalized spacial score (nSPS) is 13.0. The van der Waals surface area contributed by atoms with Crippen molar-refractivity contribution in [3.63, 3.8) is 0 Å². The van der Waals surface area contributed by atoms with E-state index in [9.17, 15) is 18.6 Å². The molecule has 0 fully saturated rings. The minimum atomic E-state index is -3.50. The molecule has 7 nitrogen and oxygen atoms in total. The lowest BCUT2D eigenvalue weighted by molar-refractivity contribution is 0.115. The second-order valence-electron chi connectivity index (χ2n) is 7.87. The number of aromatic hydroxyl groups is 1. The third kappa shape index (κ3) is 11.7. The molecule has 1 aromatic rings. The molecule has 0 radical (unpaired) electrons. The fraction of sp³-hybridized carbons (Fsp3) is 0.727. The number of rotatable bonds is 17. The van der Waals surface area contributed by atoms with E-state index in [0.29, 0.717) is 12.1 Å². The summed E-state index contributed by atoms with van der Waals surface area (Å²) in [5.74, 6) is 0.611. The molecule has 1 atom stereocenters. The van der Waals surface area contributed by atoms with Crippen molar-refractivity contribution in [2.45, 2.75) is 64.9 Å². The lowest BCUT2D eigenvalue weighted by atomic mass is 10.0. The standard InChI is InChI=1S/C22H40N2O5S/c1-4-18(5-2)12-15-29-14-9-7-6-8-13-23-17-22(26)19-10-11-21(25)20(16-19)24-30(3,27)28/h10-11,16,18,22-26H,4-9,12-15,17H2,1-3H3. The SMILES string of the molecule is CCC(CC)CCOCCCCCCNCC(O)c1ccc(O)c(NS(C)(=O)=O)c1. The molecule has 0 saturated heterocycles. The number of phenols is 1. The van der Waals surface area contributed by atoms with Gasteiger partial charge in [-0.05, 0) is 49.4 Å². The molecule has 0 amide bonds. The van der Waals surface area contributed by atoms with Gasteiger partial charge in [-0.25, -0.2) is 8.42 Å². The molecule has 0 saturated carbocycles. The zero-order valence-electron chi connectivity index (χ0n) is 18.7. The van der Waals surface area contributed by atoms with Crippen molar-refractivity contribution in [1.29, 1.82) is 0 Å². The Morgan fingerprint density at radius 1 is 1.07 bits per heavy atom. The van der Waals surface area contributed by atoms with Gasteiger partial charge in [-0.15, -0.1) is 0 Å². The number of benzene rings is 1. The number of phenolic OH excluding ortho intramolecular Hbond substituents is 1. The molecule has 0 aliphatic carbocycles. The van der Waals surface area contributed by atoms with Crippen LogP contribution in [0.15, 0.2) is 18.2 Å². The molecular formula is C22H40N2O5S. The van der Waals surface area contributed by atoms with Crippen LogP contribution in [0.25, 0.3) is 0 Å². The van der Waals surface area contributed by atoms with E-state index in [1.807, 2.05) is 0 Å². The second kappa shape index (κ2) is 14.6. The molecule has 0 aromatic heterocycles. The topological polar surface area (TPSA) is 108 Å². The quantitative estimate of drug-likeness (QED) is 0.215. The van der Waals surface area contributed by atoms with E-state index < -0.39 is 16.1 Å². The maximum Gasteiger partial charge on any atom is 0.229 e. The van der Waals surface area contributed by atoms with Gasteiger partial charge < -0.3 is 20.3 Å². The zero-order valence-corrected chi connectivity index (χ0v) is 19.5. The zero-order chi connectivity index (χ0) is 22.4. The molecule has 0 spiro atoms. The summed E-state index contributed by atoms with van der Waals surface area (Å²) in [5, 5.41) is 23.3. The van der Waals surface area contributed by atoms with Gasteiger partial charge in [0.1, 0.15) is 5.75 Å². The molecule has 0 aliphatic rings. The number of nitrogens with one attached hydrogen (secondary N) is 2. The largest absolute Gasteiger partial charge is 0.506 e. The number of unbranched alkanes of at least 4 members (excludes halogenated alkanes) is 3. The molecule has 0 heterocycles. The highest BCUT2D eigenvalue weighted by Crippen LogP contribution is 2.27. The second-order valence-corrected chi connectivity index (χ2v) is 9.62. The molecule has 30 heavy (non-hydrogen) atoms. The van der Waals surface area contributed by atoms with Crippen LogP contribution in [0.1, 0.15) is 70.5 Å². The summed E-state index contributed by atoms with van der Waals surface area (Å²) in [7, 11) is -3.50. The van der Waals surface area contributed by atoms with Crippen molar-refractivity contribution in [3.05, 3.63) is 23.8 Å². The Balaban J connectivity index is 2.14.